The second kappa shape index (κ2) is 5.64. The first-order chi connectivity index (χ1) is 7.13. The first-order valence-electron chi connectivity index (χ1n) is 5.67. The lowest BCUT2D eigenvalue weighted by atomic mass is 10.2. The summed E-state index contributed by atoms with van der Waals surface area (Å²) in [5.74, 6) is 0. The van der Waals surface area contributed by atoms with E-state index >= 15 is 0 Å². The monoisotopic (exact) mass is 206 g/mol. The van der Waals surface area contributed by atoms with Gasteiger partial charge in [-0.25, -0.2) is 0 Å². The Morgan fingerprint density at radius 1 is 1.33 bits per heavy atom. The molecule has 1 N–H and O–H groups in total. The van der Waals surface area contributed by atoms with Crippen molar-refractivity contribution in [3.63, 3.8) is 0 Å². The predicted molar refractivity (Wildman–Crippen MR) is 68.8 cm³/mol. The lowest BCUT2D eigenvalue weighted by Gasteiger charge is -2.17. The zero-order chi connectivity index (χ0) is 11.3. The molecule has 1 unspecified atom stereocenters. The molecule has 2 heteroatoms. The molecule has 0 aliphatic heterocycles. The van der Waals surface area contributed by atoms with Gasteiger partial charge in [-0.05, 0) is 31.5 Å². The summed E-state index contributed by atoms with van der Waals surface area (Å²) in [6.07, 6.45) is 2.44. The first kappa shape index (κ1) is 11.9. The molecule has 1 atom stereocenters. The van der Waals surface area contributed by atoms with E-state index < -0.39 is 0 Å². The van der Waals surface area contributed by atoms with Crippen LogP contribution in [0.4, 0.5) is 11.4 Å². The van der Waals surface area contributed by atoms with Gasteiger partial charge in [0.2, 0.25) is 0 Å². The van der Waals surface area contributed by atoms with E-state index in [0.29, 0.717) is 6.04 Å². The Balaban J connectivity index is 2.65. The van der Waals surface area contributed by atoms with Crippen molar-refractivity contribution in [1.82, 2.24) is 0 Å². The summed E-state index contributed by atoms with van der Waals surface area (Å²) >= 11 is 0. The highest BCUT2D eigenvalue weighted by Gasteiger charge is 2.01. The molecule has 0 heterocycles. The molecule has 0 aliphatic rings. The Hall–Kier alpha value is -1.18. The lowest BCUT2D eigenvalue weighted by Crippen LogP contribution is -2.15. The Morgan fingerprint density at radius 3 is 2.67 bits per heavy atom. The van der Waals surface area contributed by atoms with Gasteiger partial charge in [0.1, 0.15) is 0 Å². The van der Waals surface area contributed by atoms with Crippen LogP contribution in [-0.4, -0.2) is 20.1 Å². The van der Waals surface area contributed by atoms with Crippen LogP contribution < -0.4 is 10.2 Å². The fraction of sp³-hybridized carbons (Fsp3) is 0.538. The van der Waals surface area contributed by atoms with E-state index in [-0.39, 0.29) is 0 Å². The molecular formula is C13H22N2. The second-order valence-corrected chi connectivity index (χ2v) is 4.28. The molecule has 0 amide bonds. The number of nitrogens with one attached hydrogen (secondary N) is 1. The average molecular weight is 206 g/mol. The molecular weight excluding hydrogens is 184 g/mol. The minimum Gasteiger partial charge on any atom is -0.383 e. The summed E-state index contributed by atoms with van der Waals surface area (Å²) in [4.78, 5) is 2.12. The first-order valence-corrected chi connectivity index (χ1v) is 5.67. The molecule has 15 heavy (non-hydrogen) atoms. The van der Waals surface area contributed by atoms with Crippen molar-refractivity contribution in [1.29, 1.82) is 0 Å². The quantitative estimate of drug-likeness (QED) is 0.794. The molecule has 1 aromatic carbocycles. The van der Waals surface area contributed by atoms with Gasteiger partial charge in [0.25, 0.3) is 0 Å². The molecule has 0 saturated carbocycles. The molecule has 0 aliphatic carbocycles. The molecule has 0 saturated heterocycles. The third-order valence-electron chi connectivity index (χ3n) is 2.50. The highest BCUT2D eigenvalue weighted by molar-refractivity contribution is 5.57. The van der Waals surface area contributed by atoms with Crippen LogP contribution in [0.1, 0.15) is 26.7 Å². The Bertz CT molecular complexity index is 294. The Labute approximate surface area is 93.3 Å². The number of benzene rings is 1. The smallest absolute Gasteiger partial charge is 0.0381 e. The van der Waals surface area contributed by atoms with Crippen LogP contribution in [0.15, 0.2) is 24.3 Å². The SMILES string of the molecule is CCCC(C)Nc1cccc(N(C)C)c1. The van der Waals surface area contributed by atoms with E-state index in [2.05, 4.69) is 62.4 Å². The highest BCUT2D eigenvalue weighted by Crippen LogP contribution is 2.18. The van der Waals surface area contributed by atoms with Crippen molar-refractivity contribution >= 4 is 11.4 Å². The van der Waals surface area contributed by atoms with Gasteiger partial charge >= 0.3 is 0 Å². The fourth-order valence-electron chi connectivity index (χ4n) is 1.66. The van der Waals surface area contributed by atoms with Crippen molar-refractivity contribution in [2.75, 3.05) is 24.3 Å². The number of anilines is 2. The summed E-state index contributed by atoms with van der Waals surface area (Å²) in [5.41, 5.74) is 2.45. The van der Waals surface area contributed by atoms with Crippen LogP contribution in [0.3, 0.4) is 0 Å². The van der Waals surface area contributed by atoms with E-state index in [1.807, 2.05) is 0 Å². The molecule has 0 aromatic heterocycles. The number of hydrogen-bond acceptors (Lipinski definition) is 2. The predicted octanol–water partition coefficient (Wildman–Crippen LogP) is 3.35. The van der Waals surface area contributed by atoms with Gasteiger partial charge in [0, 0.05) is 31.5 Å². The van der Waals surface area contributed by atoms with Crippen molar-refractivity contribution in [2.24, 2.45) is 0 Å². The van der Waals surface area contributed by atoms with Crippen LogP contribution in [-0.2, 0) is 0 Å². The van der Waals surface area contributed by atoms with Crippen LogP contribution in [0.25, 0.3) is 0 Å². The van der Waals surface area contributed by atoms with E-state index in [9.17, 15) is 0 Å². The van der Waals surface area contributed by atoms with Crippen LogP contribution in [0.5, 0.6) is 0 Å². The van der Waals surface area contributed by atoms with Gasteiger partial charge in [-0.15, -0.1) is 0 Å². The third kappa shape index (κ3) is 3.82. The maximum atomic E-state index is 3.51. The minimum atomic E-state index is 0.549. The summed E-state index contributed by atoms with van der Waals surface area (Å²) in [6.45, 7) is 4.44. The molecule has 84 valence electrons. The zero-order valence-electron chi connectivity index (χ0n) is 10.2. The van der Waals surface area contributed by atoms with Gasteiger partial charge in [0.15, 0.2) is 0 Å². The summed E-state index contributed by atoms with van der Waals surface area (Å²) in [7, 11) is 4.13. The van der Waals surface area contributed by atoms with Crippen LogP contribution in [0.2, 0.25) is 0 Å². The standard InChI is InChI=1S/C13H22N2/c1-5-7-11(2)14-12-8-6-9-13(10-12)15(3)4/h6,8-11,14H,5,7H2,1-4H3. The van der Waals surface area contributed by atoms with E-state index in [1.54, 1.807) is 0 Å². The average Bonchev–Trinajstić information content (AvgIpc) is 2.18. The second-order valence-electron chi connectivity index (χ2n) is 4.28. The molecule has 0 fully saturated rings. The molecule has 0 radical (unpaired) electrons. The van der Waals surface area contributed by atoms with Gasteiger partial charge < -0.3 is 10.2 Å². The van der Waals surface area contributed by atoms with Crippen LogP contribution >= 0.6 is 0 Å². The Morgan fingerprint density at radius 2 is 2.07 bits per heavy atom. The zero-order valence-corrected chi connectivity index (χ0v) is 10.2. The summed E-state index contributed by atoms with van der Waals surface area (Å²) in [5, 5.41) is 3.51. The van der Waals surface area contributed by atoms with E-state index in [1.165, 1.54) is 24.2 Å². The number of hydrogen-bond donors (Lipinski definition) is 1. The van der Waals surface area contributed by atoms with E-state index in [0.717, 1.165) is 0 Å². The maximum Gasteiger partial charge on any atom is 0.0381 e. The molecule has 1 aromatic rings. The topological polar surface area (TPSA) is 15.3 Å². The number of nitrogens with zero attached hydrogens (tertiary/aromatic N) is 1. The lowest BCUT2D eigenvalue weighted by molar-refractivity contribution is 0.690. The number of rotatable bonds is 5. The van der Waals surface area contributed by atoms with Gasteiger partial charge in [-0.3, -0.25) is 0 Å². The van der Waals surface area contributed by atoms with Crippen molar-refractivity contribution in [2.45, 2.75) is 32.7 Å². The summed E-state index contributed by atoms with van der Waals surface area (Å²) < 4.78 is 0. The highest BCUT2D eigenvalue weighted by atomic mass is 15.1. The third-order valence-corrected chi connectivity index (χ3v) is 2.50. The summed E-state index contributed by atoms with van der Waals surface area (Å²) in [6, 6.07) is 9.07. The molecule has 2 nitrogen and oxygen atoms in total. The van der Waals surface area contributed by atoms with Crippen molar-refractivity contribution in [3.8, 4) is 0 Å². The minimum absolute atomic E-state index is 0.549. The van der Waals surface area contributed by atoms with Gasteiger partial charge in [-0.1, -0.05) is 19.4 Å². The van der Waals surface area contributed by atoms with Crippen LogP contribution in [0, 0.1) is 0 Å². The fourth-order valence-corrected chi connectivity index (χ4v) is 1.66. The van der Waals surface area contributed by atoms with Gasteiger partial charge in [0.05, 0.1) is 0 Å². The van der Waals surface area contributed by atoms with Gasteiger partial charge in [-0.2, -0.15) is 0 Å². The maximum absolute atomic E-state index is 3.51. The Kier molecular flexibility index (Phi) is 4.47. The molecule has 0 spiro atoms. The normalized spacial score (nSPS) is 12.3. The molecule has 0 bridgehead atoms. The van der Waals surface area contributed by atoms with E-state index in [4.69, 9.17) is 0 Å². The molecule has 1 rings (SSSR count). The largest absolute Gasteiger partial charge is 0.383 e. The van der Waals surface area contributed by atoms with Crippen molar-refractivity contribution < 1.29 is 0 Å². The van der Waals surface area contributed by atoms with Crippen molar-refractivity contribution in [3.05, 3.63) is 24.3 Å².